The first-order chi connectivity index (χ1) is 8.08. The number of nitrogens with one attached hydrogen (secondary N) is 2. The fraction of sp³-hybridized carbons (Fsp3) is 0.182. The van der Waals surface area contributed by atoms with Crippen LogP contribution < -0.4 is 11.1 Å². The summed E-state index contributed by atoms with van der Waals surface area (Å²) in [4.78, 5) is 15.9. The summed E-state index contributed by atoms with van der Waals surface area (Å²) in [5, 5.41) is 9.23. The summed E-state index contributed by atoms with van der Waals surface area (Å²) in [5.41, 5.74) is 8.47. The first-order valence-corrected chi connectivity index (χ1v) is 5.12. The van der Waals surface area contributed by atoms with E-state index in [9.17, 15) is 4.79 Å². The highest BCUT2D eigenvalue weighted by Gasteiger charge is 2.15. The molecule has 2 aromatic heterocycles. The minimum absolute atomic E-state index is 0.206. The van der Waals surface area contributed by atoms with Crippen molar-refractivity contribution >= 4 is 17.3 Å². The number of amides is 1. The molecule has 0 aromatic carbocycles. The molecule has 0 fully saturated rings. The Morgan fingerprint density at radius 2 is 2.24 bits per heavy atom. The summed E-state index contributed by atoms with van der Waals surface area (Å²) in [7, 11) is 0. The van der Waals surface area contributed by atoms with Crippen molar-refractivity contribution in [2.45, 2.75) is 13.8 Å². The normalized spacial score (nSPS) is 10.2. The molecule has 0 saturated heterocycles. The lowest BCUT2D eigenvalue weighted by atomic mass is 10.2. The van der Waals surface area contributed by atoms with Gasteiger partial charge in [0.2, 0.25) is 0 Å². The van der Waals surface area contributed by atoms with Gasteiger partial charge in [0.05, 0.1) is 11.4 Å². The number of aromatic amines is 1. The molecule has 17 heavy (non-hydrogen) atoms. The third kappa shape index (κ3) is 2.25. The maximum atomic E-state index is 11.9. The molecule has 0 atom stereocenters. The molecule has 6 heteroatoms. The van der Waals surface area contributed by atoms with Crippen molar-refractivity contribution in [1.29, 1.82) is 0 Å². The van der Waals surface area contributed by atoms with Gasteiger partial charge in [-0.05, 0) is 26.0 Å². The van der Waals surface area contributed by atoms with E-state index < -0.39 is 0 Å². The van der Waals surface area contributed by atoms with Crippen LogP contribution in [-0.2, 0) is 0 Å². The molecule has 0 aliphatic rings. The van der Waals surface area contributed by atoms with Crippen molar-refractivity contribution in [3.05, 3.63) is 35.4 Å². The van der Waals surface area contributed by atoms with Crippen molar-refractivity contribution in [3.63, 3.8) is 0 Å². The fourth-order valence-corrected chi connectivity index (χ4v) is 1.42. The summed E-state index contributed by atoms with van der Waals surface area (Å²) in [6, 6.07) is 3.48. The van der Waals surface area contributed by atoms with E-state index in [1.165, 1.54) is 0 Å². The lowest BCUT2D eigenvalue weighted by Gasteiger charge is -2.04. The van der Waals surface area contributed by atoms with Crippen LogP contribution in [-0.4, -0.2) is 21.1 Å². The van der Waals surface area contributed by atoms with Crippen LogP contribution in [0.2, 0.25) is 0 Å². The number of nitrogens with zero attached hydrogens (tertiary/aromatic N) is 2. The van der Waals surface area contributed by atoms with E-state index in [0.29, 0.717) is 17.1 Å². The number of carbonyl (C=O) groups excluding carboxylic acids is 1. The molecule has 0 radical (unpaired) electrons. The quantitative estimate of drug-likeness (QED) is 0.724. The molecule has 2 rings (SSSR count). The van der Waals surface area contributed by atoms with Crippen LogP contribution in [0.3, 0.4) is 0 Å². The van der Waals surface area contributed by atoms with Gasteiger partial charge >= 0.3 is 0 Å². The zero-order valence-electron chi connectivity index (χ0n) is 9.61. The predicted molar refractivity (Wildman–Crippen MR) is 64.7 cm³/mol. The van der Waals surface area contributed by atoms with E-state index >= 15 is 0 Å². The van der Waals surface area contributed by atoms with Gasteiger partial charge in [0.15, 0.2) is 5.69 Å². The van der Waals surface area contributed by atoms with Crippen LogP contribution in [0.25, 0.3) is 0 Å². The number of nitrogen functional groups attached to an aromatic ring is 1. The number of anilines is 2. The number of hydrogen-bond acceptors (Lipinski definition) is 4. The Balaban J connectivity index is 2.20. The lowest BCUT2D eigenvalue weighted by molar-refractivity contribution is 0.102. The second kappa shape index (κ2) is 4.25. The Morgan fingerprint density at radius 1 is 1.47 bits per heavy atom. The van der Waals surface area contributed by atoms with Gasteiger partial charge < -0.3 is 11.1 Å². The molecule has 0 aliphatic heterocycles. The SMILES string of the molecule is Cc1cc(NC(=O)c2n[nH]c(C)c2N)ccn1. The van der Waals surface area contributed by atoms with Crippen molar-refractivity contribution in [1.82, 2.24) is 15.2 Å². The minimum atomic E-state index is -0.336. The Morgan fingerprint density at radius 3 is 2.82 bits per heavy atom. The van der Waals surface area contributed by atoms with Gasteiger partial charge in [-0.3, -0.25) is 14.9 Å². The van der Waals surface area contributed by atoms with Crippen molar-refractivity contribution in [2.24, 2.45) is 0 Å². The fourth-order valence-electron chi connectivity index (χ4n) is 1.42. The topological polar surface area (TPSA) is 96.7 Å². The van der Waals surface area contributed by atoms with Gasteiger partial charge in [-0.25, -0.2) is 0 Å². The van der Waals surface area contributed by atoms with Crippen LogP contribution in [0.15, 0.2) is 18.3 Å². The Labute approximate surface area is 98.3 Å². The van der Waals surface area contributed by atoms with Crippen LogP contribution in [0.4, 0.5) is 11.4 Å². The van der Waals surface area contributed by atoms with Gasteiger partial charge in [-0.15, -0.1) is 0 Å². The van der Waals surface area contributed by atoms with Crippen LogP contribution in [0.5, 0.6) is 0 Å². The first kappa shape index (κ1) is 11.1. The molecule has 0 spiro atoms. The highest BCUT2D eigenvalue weighted by molar-refractivity contribution is 6.06. The average Bonchev–Trinajstić information content (AvgIpc) is 2.60. The summed E-state index contributed by atoms with van der Waals surface area (Å²) in [6.07, 6.45) is 1.63. The summed E-state index contributed by atoms with van der Waals surface area (Å²) in [6.45, 7) is 3.61. The van der Waals surface area contributed by atoms with Crippen molar-refractivity contribution in [2.75, 3.05) is 11.1 Å². The number of nitrogens with two attached hydrogens (primary N) is 1. The number of H-pyrrole nitrogens is 1. The lowest BCUT2D eigenvalue weighted by Crippen LogP contribution is -2.14. The van der Waals surface area contributed by atoms with E-state index in [0.717, 1.165) is 5.69 Å². The molecule has 4 N–H and O–H groups in total. The van der Waals surface area contributed by atoms with Crippen molar-refractivity contribution < 1.29 is 4.79 Å². The molecular formula is C11H13N5O. The smallest absolute Gasteiger partial charge is 0.278 e. The maximum Gasteiger partial charge on any atom is 0.278 e. The first-order valence-electron chi connectivity index (χ1n) is 5.12. The molecule has 2 heterocycles. The third-order valence-corrected chi connectivity index (χ3v) is 2.36. The van der Waals surface area contributed by atoms with E-state index in [1.807, 2.05) is 6.92 Å². The second-order valence-electron chi connectivity index (χ2n) is 3.75. The van der Waals surface area contributed by atoms with Crippen molar-refractivity contribution in [3.8, 4) is 0 Å². The summed E-state index contributed by atoms with van der Waals surface area (Å²) < 4.78 is 0. The molecule has 0 unspecified atom stereocenters. The number of hydrogen-bond donors (Lipinski definition) is 3. The maximum absolute atomic E-state index is 11.9. The third-order valence-electron chi connectivity index (χ3n) is 2.36. The zero-order valence-corrected chi connectivity index (χ0v) is 9.61. The predicted octanol–water partition coefficient (Wildman–Crippen LogP) is 1.26. The second-order valence-corrected chi connectivity index (χ2v) is 3.75. The van der Waals surface area contributed by atoms with Gasteiger partial charge in [0.25, 0.3) is 5.91 Å². The van der Waals surface area contributed by atoms with E-state index in [4.69, 9.17) is 5.73 Å². The molecule has 2 aromatic rings. The molecule has 0 saturated carbocycles. The Kier molecular flexibility index (Phi) is 2.78. The molecule has 1 amide bonds. The number of aromatic nitrogens is 3. The highest BCUT2D eigenvalue weighted by Crippen LogP contribution is 2.15. The van der Waals surface area contributed by atoms with Gasteiger partial charge in [0.1, 0.15) is 0 Å². The minimum Gasteiger partial charge on any atom is -0.395 e. The number of aryl methyl sites for hydroxylation is 2. The summed E-state index contributed by atoms with van der Waals surface area (Å²) >= 11 is 0. The zero-order chi connectivity index (χ0) is 12.4. The highest BCUT2D eigenvalue weighted by atomic mass is 16.2. The molecular weight excluding hydrogens is 218 g/mol. The molecule has 88 valence electrons. The van der Waals surface area contributed by atoms with Crippen LogP contribution in [0, 0.1) is 13.8 Å². The largest absolute Gasteiger partial charge is 0.395 e. The number of carbonyl (C=O) groups is 1. The standard InChI is InChI=1S/C11H13N5O/c1-6-5-8(3-4-13-6)14-11(17)10-9(12)7(2)15-16-10/h3-5H,12H2,1-2H3,(H,15,16)(H,13,14,17). The Bertz CT molecular complexity index is 561. The van der Waals surface area contributed by atoms with Crippen LogP contribution in [0.1, 0.15) is 21.9 Å². The average molecular weight is 231 g/mol. The van der Waals surface area contributed by atoms with Gasteiger partial charge in [-0.2, -0.15) is 5.10 Å². The monoisotopic (exact) mass is 231 g/mol. The van der Waals surface area contributed by atoms with Gasteiger partial charge in [0, 0.05) is 17.6 Å². The molecule has 0 bridgehead atoms. The van der Waals surface area contributed by atoms with E-state index in [1.54, 1.807) is 25.3 Å². The van der Waals surface area contributed by atoms with E-state index in [2.05, 4.69) is 20.5 Å². The number of pyridine rings is 1. The Hall–Kier alpha value is -2.37. The summed E-state index contributed by atoms with van der Waals surface area (Å²) in [5.74, 6) is -0.336. The molecule has 6 nitrogen and oxygen atoms in total. The van der Waals surface area contributed by atoms with E-state index in [-0.39, 0.29) is 11.6 Å². The van der Waals surface area contributed by atoms with Gasteiger partial charge in [-0.1, -0.05) is 0 Å². The number of rotatable bonds is 2. The molecule has 0 aliphatic carbocycles. The van der Waals surface area contributed by atoms with Crippen LogP contribution >= 0.6 is 0 Å².